The van der Waals surface area contributed by atoms with Gasteiger partial charge in [0.05, 0.1) is 11.7 Å². The van der Waals surface area contributed by atoms with Gasteiger partial charge in [-0.3, -0.25) is 0 Å². The van der Waals surface area contributed by atoms with Crippen LogP contribution in [0, 0.1) is 17.8 Å². The normalized spacial score (nSPS) is 38.0. The van der Waals surface area contributed by atoms with Crippen LogP contribution in [-0.4, -0.2) is 11.7 Å². The van der Waals surface area contributed by atoms with Gasteiger partial charge in [0.15, 0.2) is 0 Å². The molecule has 1 rings (SSSR count). The smallest absolute Gasteiger partial charge is 0.0960 e. The molecule has 0 heterocycles. The Balaban J connectivity index is 2.45. The van der Waals surface area contributed by atoms with Crippen LogP contribution in [0.2, 0.25) is 0 Å². The summed E-state index contributed by atoms with van der Waals surface area (Å²) in [7, 11) is 0. The van der Waals surface area contributed by atoms with Crippen LogP contribution in [0.4, 0.5) is 0 Å². The Hall–Kier alpha value is -0.0800. The van der Waals surface area contributed by atoms with Crippen molar-refractivity contribution in [3.05, 3.63) is 0 Å². The molecule has 0 aromatic carbocycles. The molecule has 0 aromatic rings. The van der Waals surface area contributed by atoms with Gasteiger partial charge in [-0.1, -0.05) is 20.8 Å². The van der Waals surface area contributed by atoms with Crippen molar-refractivity contribution in [3.63, 3.8) is 0 Å². The summed E-state index contributed by atoms with van der Waals surface area (Å²) in [6.07, 6.45) is 2.71. The van der Waals surface area contributed by atoms with Crippen molar-refractivity contribution in [2.75, 3.05) is 0 Å². The van der Waals surface area contributed by atoms with Crippen LogP contribution in [0.1, 0.15) is 54.4 Å². The minimum absolute atomic E-state index is 0.205. The first-order valence-corrected chi connectivity index (χ1v) is 6.14. The van der Waals surface area contributed by atoms with E-state index in [0.717, 1.165) is 18.3 Å². The number of rotatable bonds is 2. The van der Waals surface area contributed by atoms with Crippen LogP contribution >= 0.6 is 0 Å². The first-order valence-electron chi connectivity index (χ1n) is 6.14. The maximum Gasteiger partial charge on any atom is 0.0960 e. The van der Waals surface area contributed by atoms with Gasteiger partial charge in [0.25, 0.3) is 0 Å². The van der Waals surface area contributed by atoms with E-state index in [0.29, 0.717) is 5.92 Å². The molecule has 0 N–H and O–H groups in total. The summed E-state index contributed by atoms with van der Waals surface area (Å²) in [5, 5.41) is 0. The summed E-state index contributed by atoms with van der Waals surface area (Å²) in [6, 6.07) is 0. The average Bonchev–Trinajstić information content (AvgIpc) is 2.07. The molecule has 0 bridgehead atoms. The second kappa shape index (κ2) is 4.84. The fourth-order valence-electron chi connectivity index (χ4n) is 2.26. The molecule has 2 heteroatoms. The van der Waals surface area contributed by atoms with Gasteiger partial charge in [-0.05, 0) is 51.4 Å². The average molecular weight is 214 g/mol. The third kappa shape index (κ3) is 4.12. The van der Waals surface area contributed by atoms with Crippen LogP contribution in [-0.2, 0) is 9.78 Å². The topological polar surface area (TPSA) is 18.5 Å². The third-order valence-electron chi connectivity index (χ3n) is 3.31. The first-order chi connectivity index (χ1) is 6.79. The van der Waals surface area contributed by atoms with Crippen LogP contribution < -0.4 is 0 Å². The van der Waals surface area contributed by atoms with Crippen molar-refractivity contribution in [2.45, 2.75) is 66.1 Å². The lowest BCUT2D eigenvalue weighted by Gasteiger charge is -2.37. The molecule has 0 radical (unpaired) electrons. The summed E-state index contributed by atoms with van der Waals surface area (Å²) >= 11 is 0. The van der Waals surface area contributed by atoms with E-state index < -0.39 is 0 Å². The van der Waals surface area contributed by atoms with Crippen LogP contribution in [0.15, 0.2) is 0 Å². The molecule has 4 atom stereocenters. The van der Waals surface area contributed by atoms with Crippen molar-refractivity contribution in [1.29, 1.82) is 0 Å². The zero-order valence-electron chi connectivity index (χ0n) is 11.0. The standard InChI is InChI=1S/C13H26O2/c1-9-7-10(2)11(3)12(8-9)14-15-13(4,5)6/h9-12H,7-8H2,1-6H3. The lowest BCUT2D eigenvalue weighted by molar-refractivity contribution is -0.386. The Kier molecular flexibility index (Phi) is 4.19. The molecule has 0 aliphatic heterocycles. The highest BCUT2D eigenvalue weighted by atomic mass is 17.2. The fourth-order valence-corrected chi connectivity index (χ4v) is 2.26. The number of hydrogen-bond donors (Lipinski definition) is 0. The molecule has 0 spiro atoms. The Morgan fingerprint density at radius 1 is 1.00 bits per heavy atom. The van der Waals surface area contributed by atoms with Crippen LogP contribution in [0.25, 0.3) is 0 Å². The highest BCUT2D eigenvalue weighted by Crippen LogP contribution is 2.35. The summed E-state index contributed by atoms with van der Waals surface area (Å²) < 4.78 is 0. The van der Waals surface area contributed by atoms with Crippen LogP contribution in [0.3, 0.4) is 0 Å². The SMILES string of the molecule is CC1CC(C)C(C)C(OOC(C)(C)C)C1. The van der Waals surface area contributed by atoms with E-state index >= 15 is 0 Å². The molecule has 4 unspecified atom stereocenters. The van der Waals surface area contributed by atoms with Gasteiger partial charge in [-0.15, -0.1) is 0 Å². The van der Waals surface area contributed by atoms with E-state index in [-0.39, 0.29) is 11.7 Å². The maximum atomic E-state index is 5.60. The summed E-state index contributed by atoms with van der Waals surface area (Å²) in [5.41, 5.74) is -0.205. The second-order valence-electron chi connectivity index (χ2n) is 6.24. The highest BCUT2D eigenvalue weighted by molar-refractivity contribution is 4.80. The third-order valence-corrected chi connectivity index (χ3v) is 3.31. The zero-order chi connectivity index (χ0) is 11.6. The van der Waals surface area contributed by atoms with E-state index in [1.54, 1.807) is 0 Å². The lowest BCUT2D eigenvalue weighted by atomic mass is 9.75. The van der Waals surface area contributed by atoms with Gasteiger partial charge < -0.3 is 0 Å². The Bertz CT molecular complexity index is 195. The Morgan fingerprint density at radius 2 is 1.60 bits per heavy atom. The quantitative estimate of drug-likeness (QED) is 0.514. The Labute approximate surface area is 94.3 Å². The lowest BCUT2D eigenvalue weighted by Crippen LogP contribution is -2.36. The number of hydrogen-bond acceptors (Lipinski definition) is 2. The van der Waals surface area contributed by atoms with Gasteiger partial charge in [-0.2, -0.15) is 0 Å². The van der Waals surface area contributed by atoms with Crippen molar-refractivity contribution in [3.8, 4) is 0 Å². The predicted octanol–water partition coefficient (Wildman–Crippen LogP) is 3.80. The van der Waals surface area contributed by atoms with E-state index in [1.165, 1.54) is 6.42 Å². The first kappa shape index (κ1) is 13.0. The second-order valence-corrected chi connectivity index (χ2v) is 6.24. The monoisotopic (exact) mass is 214 g/mol. The van der Waals surface area contributed by atoms with Crippen molar-refractivity contribution in [2.24, 2.45) is 17.8 Å². The highest BCUT2D eigenvalue weighted by Gasteiger charge is 2.33. The maximum absolute atomic E-state index is 5.60. The molecule has 90 valence electrons. The molecule has 1 aliphatic rings. The fraction of sp³-hybridized carbons (Fsp3) is 1.00. The largest absolute Gasteiger partial charge is 0.233 e. The van der Waals surface area contributed by atoms with Gasteiger partial charge >= 0.3 is 0 Å². The van der Waals surface area contributed by atoms with Crippen molar-refractivity contribution in [1.82, 2.24) is 0 Å². The van der Waals surface area contributed by atoms with E-state index in [4.69, 9.17) is 9.78 Å². The molecule has 15 heavy (non-hydrogen) atoms. The van der Waals surface area contributed by atoms with Crippen LogP contribution in [0.5, 0.6) is 0 Å². The van der Waals surface area contributed by atoms with Gasteiger partial charge in [-0.25, -0.2) is 9.78 Å². The molecular formula is C13H26O2. The summed E-state index contributed by atoms with van der Waals surface area (Å²) in [5.74, 6) is 2.09. The predicted molar refractivity (Wildman–Crippen MR) is 62.4 cm³/mol. The van der Waals surface area contributed by atoms with E-state index in [9.17, 15) is 0 Å². The molecule has 1 aliphatic carbocycles. The molecule has 0 aromatic heterocycles. The molecule has 2 nitrogen and oxygen atoms in total. The van der Waals surface area contributed by atoms with Gasteiger partial charge in [0.1, 0.15) is 0 Å². The zero-order valence-corrected chi connectivity index (χ0v) is 11.0. The van der Waals surface area contributed by atoms with Crippen molar-refractivity contribution >= 4 is 0 Å². The minimum Gasteiger partial charge on any atom is -0.233 e. The minimum atomic E-state index is -0.205. The molecule has 1 fully saturated rings. The Morgan fingerprint density at radius 3 is 2.13 bits per heavy atom. The molecule has 0 amide bonds. The van der Waals surface area contributed by atoms with E-state index in [2.05, 4.69) is 20.8 Å². The molecule has 1 saturated carbocycles. The van der Waals surface area contributed by atoms with Gasteiger partial charge in [0, 0.05) is 0 Å². The summed E-state index contributed by atoms with van der Waals surface area (Å²) in [6.45, 7) is 12.9. The van der Waals surface area contributed by atoms with Gasteiger partial charge in [0.2, 0.25) is 0 Å². The van der Waals surface area contributed by atoms with E-state index in [1.807, 2.05) is 20.8 Å². The van der Waals surface area contributed by atoms with Crippen molar-refractivity contribution < 1.29 is 9.78 Å². The summed E-state index contributed by atoms with van der Waals surface area (Å²) in [4.78, 5) is 11.0. The molecule has 0 saturated heterocycles. The molecular weight excluding hydrogens is 188 g/mol.